The zero-order chi connectivity index (χ0) is 28.7. The number of likely N-dealkylation sites (tertiary alicyclic amines) is 1. The minimum atomic E-state index is -0.985. The van der Waals surface area contributed by atoms with Crippen LogP contribution in [0.15, 0.2) is 36.4 Å². The van der Waals surface area contributed by atoms with Gasteiger partial charge in [0, 0.05) is 38.3 Å². The number of carbonyl (C=O) groups excluding carboxylic acids is 3. The predicted molar refractivity (Wildman–Crippen MR) is 142 cm³/mol. The van der Waals surface area contributed by atoms with E-state index in [1.165, 1.54) is 6.07 Å². The molecule has 0 aliphatic carbocycles. The van der Waals surface area contributed by atoms with Crippen LogP contribution in [-0.4, -0.2) is 72.5 Å². The minimum Gasteiger partial charge on any atom is -0.372 e. The van der Waals surface area contributed by atoms with Gasteiger partial charge in [0.15, 0.2) is 11.6 Å². The molecule has 2 saturated heterocycles. The van der Waals surface area contributed by atoms with Gasteiger partial charge in [0.25, 0.3) is 5.91 Å². The second-order valence-electron chi connectivity index (χ2n) is 9.84. The second kappa shape index (κ2) is 14.4. The first-order valence-corrected chi connectivity index (χ1v) is 12.5. The minimum absolute atomic E-state index is 0. The number of nitrogens with zero attached hydrogens (tertiary/aromatic N) is 2. The smallest absolute Gasteiger partial charge is 0.256 e. The van der Waals surface area contributed by atoms with E-state index >= 15 is 0 Å². The number of hydrogen-bond acceptors (Lipinski definition) is 5. The number of piperidine rings is 1. The molecule has 13 heteroatoms. The largest absolute Gasteiger partial charge is 0.372 e. The van der Waals surface area contributed by atoms with Gasteiger partial charge in [-0.15, -0.1) is 12.4 Å². The highest BCUT2D eigenvalue weighted by molar-refractivity contribution is 5.94. The van der Waals surface area contributed by atoms with E-state index in [9.17, 15) is 27.2 Å². The third kappa shape index (κ3) is 7.92. The molecule has 2 aliphatic heterocycles. The van der Waals surface area contributed by atoms with Gasteiger partial charge >= 0.3 is 0 Å². The van der Waals surface area contributed by atoms with E-state index < -0.39 is 40.8 Å². The van der Waals surface area contributed by atoms with Gasteiger partial charge in [-0.1, -0.05) is 6.07 Å². The van der Waals surface area contributed by atoms with Crippen molar-refractivity contribution in [2.45, 2.75) is 44.4 Å². The van der Waals surface area contributed by atoms with Crippen LogP contribution in [0.1, 0.15) is 48.7 Å². The molecule has 1 unspecified atom stereocenters. The van der Waals surface area contributed by atoms with Crippen LogP contribution >= 0.6 is 12.4 Å². The van der Waals surface area contributed by atoms with Gasteiger partial charge in [-0.25, -0.2) is 17.6 Å². The molecule has 220 valence electrons. The molecule has 0 bridgehead atoms. The summed E-state index contributed by atoms with van der Waals surface area (Å²) in [6.45, 7) is 5.11. The maximum atomic E-state index is 14.0. The third-order valence-electron chi connectivity index (χ3n) is 6.85. The molecule has 2 fully saturated rings. The van der Waals surface area contributed by atoms with Crippen LogP contribution in [0.5, 0.6) is 0 Å². The Labute approximate surface area is 236 Å². The van der Waals surface area contributed by atoms with E-state index in [1.807, 2.05) is 13.8 Å². The lowest BCUT2D eigenvalue weighted by Crippen LogP contribution is -2.56. The lowest BCUT2D eigenvalue weighted by molar-refractivity contribution is -0.172. The van der Waals surface area contributed by atoms with Crippen molar-refractivity contribution in [3.05, 3.63) is 70.8 Å². The number of hydrogen-bond donors (Lipinski definition) is 2. The van der Waals surface area contributed by atoms with Crippen molar-refractivity contribution in [2.75, 3.05) is 32.8 Å². The van der Waals surface area contributed by atoms with Crippen LogP contribution in [0.4, 0.5) is 17.6 Å². The molecule has 3 N–H and O–H groups in total. The molecule has 2 heterocycles. The molecule has 1 atom stereocenters. The van der Waals surface area contributed by atoms with E-state index in [-0.39, 0.29) is 42.9 Å². The van der Waals surface area contributed by atoms with Crippen LogP contribution in [-0.2, 0) is 14.3 Å². The summed E-state index contributed by atoms with van der Waals surface area (Å²) in [5.74, 6) is -4.27. The Kier molecular flexibility index (Phi) is 11.9. The van der Waals surface area contributed by atoms with Crippen molar-refractivity contribution < 1.29 is 36.7 Å². The van der Waals surface area contributed by atoms with Crippen molar-refractivity contribution >= 4 is 30.6 Å². The van der Waals surface area contributed by atoms with E-state index in [0.717, 1.165) is 24.3 Å². The first kappa shape index (κ1) is 33.0. The Bertz CT molecular complexity index is 1200. The highest BCUT2D eigenvalue weighted by Crippen LogP contribution is 2.38. The van der Waals surface area contributed by atoms with E-state index in [1.54, 1.807) is 9.80 Å². The van der Waals surface area contributed by atoms with Gasteiger partial charge in [0.05, 0.1) is 17.2 Å². The van der Waals surface area contributed by atoms with Crippen LogP contribution in [0.3, 0.4) is 0 Å². The highest BCUT2D eigenvalue weighted by Gasteiger charge is 2.43. The fourth-order valence-corrected chi connectivity index (χ4v) is 4.96. The van der Waals surface area contributed by atoms with Crippen LogP contribution < -0.4 is 11.1 Å². The SMILES string of the molecule is CC1(C)OCC(=O)N(CCNC2CCN(C(=O)c3ccc(F)cc3F)CC2)C1c1ccc(F)c(F)c1.Cl.NC=O. The number of amides is 3. The Morgan fingerprint density at radius 3 is 2.33 bits per heavy atom. The van der Waals surface area contributed by atoms with Gasteiger partial charge in [0.1, 0.15) is 18.2 Å². The van der Waals surface area contributed by atoms with Crippen LogP contribution in [0.25, 0.3) is 0 Å². The standard InChI is InChI=1S/C26H29F4N3O3.CH3NO.ClH/c1-26(2)24(16-3-6-20(28)22(30)13-16)33(23(34)15-36-26)12-9-31-18-7-10-32(11-8-18)25(35)19-5-4-17(27)14-21(19)29;2-1-3;/h3-6,13-14,18,24,31H,7-12,15H2,1-2H3;1H,(H2,2,3);1H. The molecule has 3 amide bonds. The molecular formula is C27H33ClF4N4O4. The van der Waals surface area contributed by atoms with Crippen LogP contribution in [0.2, 0.25) is 0 Å². The first-order valence-electron chi connectivity index (χ1n) is 12.5. The predicted octanol–water partition coefficient (Wildman–Crippen LogP) is 3.34. The molecule has 4 rings (SSSR count). The topological polar surface area (TPSA) is 105 Å². The number of ether oxygens (including phenoxy) is 1. The first-order chi connectivity index (χ1) is 18.5. The summed E-state index contributed by atoms with van der Waals surface area (Å²) in [4.78, 5) is 37.1. The molecule has 0 aromatic heterocycles. The number of carbonyl (C=O) groups is 3. The zero-order valence-corrected chi connectivity index (χ0v) is 23.0. The summed E-state index contributed by atoms with van der Waals surface area (Å²) in [7, 11) is 0. The van der Waals surface area contributed by atoms with Crippen molar-refractivity contribution in [3.8, 4) is 0 Å². The second-order valence-corrected chi connectivity index (χ2v) is 9.84. The van der Waals surface area contributed by atoms with Gasteiger partial charge in [-0.2, -0.15) is 0 Å². The van der Waals surface area contributed by atoms with Crippen molar-refractivity contribution in [2.24, 2.45) is 5.73 Å². The molecule has 2 aliphatic rings. The Morgan fingerprint density at radius 1 is 1.07 bits per heavy atom. The quantitative estimate of drug-likeness (QED) is 0.398. The summed E-state index contributed by atoms with van der Waals surface area (Å²) in [6.07, 6.45) is 1.51. The molecule has 0 saturated carbocycles. The Morgan fingerprint density at radius 2 is 1.73 bits per heavy atom. The lowest BCUT2D eigenvalue weighted by atomic mass is 9.88. The monoisotopic (exact) mass is 588 g/mol. The molecular weight excluding hydrogens is 556 g/mol. The van der Waals surface area contributed by atoms with Crippen molar-refractivity contribution in [1.82, 2.24) is 15.1 Å². The maximum Gasteiger partial charge on any atom is 0.256 e. The summed E-state index contributed by atoms with van der Waals surface area (Å²) >= 11 is 0. The highest BCUT2D eigenvalue weighted by atomic mass is 35.5. The van der Waals surface area contributed by atoms with Crippen molar-refractivity contribution in [3.63, 3.8) is 0 Å². The van der Waals surface area contributed by atoms with E-state index in [2.05, 4.69) is 11.1 Å². The molecule has 40 heavy (non-hydrogen) atoms. The number of benzene rings is 2. The van der Waals surface area contributed by atoms with Gasteiger partial charge in [-0.05, 0) is 56.5 Å². The molecule has 2 aromatic carbocycles. The molecule has 8 nitrogen and oxygen atoms in total. The summed E-state index contributed by atoms with van der Waals surface area (Å²) in [6, 6.07) is 6.00. The number of rotatable bonds is 6. The average Bonchev–Trinajstić information content (AvgIpc) is 2.88. The molecule has 0 spiro atoms. The Balaban J connectivity index is 0.00000134. The number of primary amides is 1. The van der Waals surface area contributed by atoms with Gasteiger partial charge in [0.2, 0.25) is 12.3 Å². The summed E-state index contributed by atoms with van der Waals surface area (Å²) < 4.78 is 60.3. The van der Waals surface area contributed by atoms with Crippen molar-refractivity contribution in [1.29, 1.82) is 0 Å². The van der Waals surface area contributed by atoms with Crippen LogP contribution in [0, 0.1) is 23.3 Å². The number of nitrogens with one attached hydrogen (secondary N) is 1. The lowest BCUT2D eigenvalue weighted by Gasteiger charge is -2.46. The summed E-state index contributed by atoms with van der Waals surface area (Å²) in [5.41, 5.74) is 3.66. The number of morpholine rings is 1. The number of nitrogens with two attached hydrogens (primary N) is 1. The zero-order valence-electron chi connectivity index (χ0n) is 22.2. The maximum absolute atomic E-state index is 14.0. The van der Waals surface area contributed by atoms with E-state index in [4.69, 9.17) is 9.53 Å². The summed E-state index contributed by atoms with van der Waals surface area (Å²) in [5, 5.41) is 3.40. The van der Waals surface area contributed by atoms with Gasteiger partial charge in [-0.3, -0.25) is 14.4 Å². The fourth-order valence-electron chi connectivity index (χ4n) is 4.96. The van der Waals surface area contributed by atoms with Gasteiger partial charge < -0.3 is 25.6 Å². The fraction of sp³-hybridized carbons (Fsp3) is 0.444. The molecule has 2 aromatic rings. The average molecular weight is 589 g/mol. The van der Waals surface area contributed by atoms with E-state index in [0.29, 0.717) is 50.7 Å². The third-order valence-corrected chi connectivity index (χ3v) is 6.85. The number of halogens is 5. The Hall–Kier alpha value is -3.22. The molecule has 0 radical (unpaired) electrons. The normalized spacial score (nSPS) is 18.9.